The topological polar surface area (TPSA) is 222 Å². The number of aliphatic hydroxyl groups is 1. The fourth-order valence-corrected chi connectivity index (χ4v) is 5.86. The summed E-state index contributed by atoms with van der Waals surface area (Å²) in [5.41, 5.74) is 14.0. The number of primary amides is 1. The van der Waals surface area contributed by atoms with E-state index >= 15 is 0 Å². The summed E-state index contributed by atoms with van der Waals surface area (Å²) >= 11 is 0. The van der Waals surface area contributed by atoms with Crippen molar-refractivity contribution in [3.8, 4) is 0 Å². The Kier molecular flexibility index (Phi) is 15.7. The summed E-state index contributed by atoms with van der Waals surface area (Å²) in [4.78, 5) is 66.7. The molecule has 1 aromatic heterocycles. The van der Waals surface area contributed by atoms with Gasteiger partial charge in [-0.25, -0.2) is 0 Å². The van der Waals surface area contributed by atoms with Crippen molar-refractivity contribution < 1.29 is 29.1 Å². The van der Waals surface area contributed by atoms with E-state index in [-0.39, 0.29) is 43.5 Å². The number of rotatable bonds is 21. The maximum atomic E-state index is 13.8. The van der Waals surface area contributed by atoms with Gasteiger partial charge in [0.15, 0.2) is 0 Å². The van der Waals surface area contributed by atoms with Gasteiger partial charge in [0.1, 0.15) is 0 Å². The average molecular weight is 678 g/mol. The Morgan fingerprint density at radius 1 is 0.837 bits per heavy atom. The highest BCUT2D eigenvalue weighted by Gasteiger charge is 2.27. The molecular formula is C36H51N7O6. The molecule has 13 nitrogen and oxygen atoms in total. The normalized spacial score (nSPS) is 14.2. The number of para-hydroxylation sites is 1. The first-order valence-electron chi connectivity index (χ1n) is 16.8. The minimum Gasteiger partial charge on any atom is -0.391 e. The summed E-state index contributed by atoms with van der Waals surface area (Å²) in [5.74, 6) is -2.64. The van der Waals surface area contributed by atoms with Crippen molar-refractivity contribution in [1.29, 1.82) is 0 Å². The second kappa shape index (κ2) is 19.9. The number of aliphatic hydroxyl groups excluding tert-OH is 1. The first-order chi connectivity index (χ1) is 23.4. The summed E-state index contributed by atoms with van der Waals surface area (Å²) in [7, 11) is 0. The lowest BCUT2D eigenvalue weighted by Gasteiger charge is -2.25. The van der Waals surface area contributed by atoms with Gasteiger partial charge in [-0.1, -0.05) is 55.0 Å². The third-order valence-electron chi connectivity index (χ3n) is 8.36. The van der Waals surface area contributed by atoms with Crippen molar-refractivity contribution in [1.82, 2.24) is 26.3 Å². The molecule has 5 amide bonds. The van der Waals surface area contributed by atoms with Crippen LogP contribution in [0.4, 0.5) is 0 Å². The highest BCUT2D eigenvalue weighted by molar-refractivity contribution is 5.85. The Hall–Kier alpha value is -4.75. The quantitative estimate of drug-likeness (QED) is 0.0772. The van der Waals surface area contributed by atoms with Gasteiger partial charge in [-0.3, -0.25) is 24.0 Å². The number of hydrogen-bond acceptors (Lipinski definition) is 7. The summed E-state index contributed by atoms with van der Waals surface area (Å²) in [5, 5.41) is 22.3. The molecule has 0 spiro atoms. The van der Waals surface area contributed by atoms with Crippen molar-refractivity contribution in [2.45, 2.75) is 89.4 Å². The fraction of sp³-hybridized carbons (Fsp3) is 0.472. The highest BCUT2D eigenvalue weighted by atomic mass is 16.3. The molecule has 0 saturated heterocycles. The lowest BCUT2D eigenvalue weighted by molar-refractivity contribution is -0.127. The van der Waals surface area contributed by atoms with Crippen LogP contribution < -0.4 is 32.7 Å². The molecule has 1 heterocycles. The van der Waals surface area contributed by atoms with Crippen LogP contribution in [-0.2, 0) is 36.8 Å². The molecule has 13 heteroatoms. The second-order valence-corrected chi connectivity index (χ2v) is 12.6. The number of amides is 5. The van der Waals surface area contributed by atoms with E-state index in [1.54, 1.807) is 0 Å². The number of unbranched alkanes of at least 4 members (excludes halogenated alkanes) is 1. The number of nitrogens with one attached hydrogen (secondary N) is 5. The Balaban J connectivity index is 1.77. The fourth-order valence-electron chi connectivity index (χ4n) is 5.86. The van der Waals surface area contributed by atoms with Gasteiger partial charge >= 0.3 is 0 Å². The van der Waals surface area contributed by atoms with E-state index in [0.29, 0.717) is 38.6 Å². The molecule has 5 atom stereocenters. The Morgan fingerprint density at radius 2 is 1.53 bits per heavy atom. The molecule has 1 unspecified atom stereocenters. The van der Waals surface area contributed by atoms with Crippen LogP contribution in [0, 0.1) is 5.92 Å². The lowest BCUT2D eigenvalue weighted by Crippen LogP contribution is -2.48. The smallest absolute Gasteiger partial charge is 0.225 e. The number of aromatic nitrogens is 1. The average Bonchev–Trinajstić information content (AvgIpc) is 3.44. The van der Waals surface area contributed by atoms with Gasteiger partial charge in [0.2, 0.25) is 29.5 Å². The second-order valence-electron chi connectivity index (χ2n) is 12.6. The van der Waals surface area contributed by atoms with Crippen LogP contribution in [0.3, 0.4) is 0 Å². The number of aromatic amines is 1. The SMILES string of the molecule is CC(=O)NC(CC(=O)NC[C@H](CCCCN)C(=O)N[C@H](CC(=O)N[C@H](CC(N)=O)Cc1ccccc1)Cc1c[nH]c2ccccc12)[C@@H](C)O. The van der Waals surface area contributed by atoms with E-state index < -0.39 is 42.0 Å². The van der Waals surface area contributed by atoms with Crippen molar-refractivity contribution >= 4 is 40.4 Å². The molecule has 3 rings (SSSR count). The number of H-pyrrole nitrogens is 1. The summed E-state index contributed by atoms with van der Waals surface area (Å²) in [6.07, 6.45) is 3.18. The first-order valence-corrected chi connectivity index (χ1v) is 16.8. The molecule has 0 aliphatic rings. The molecular weight excluding hydrogens is 626 g/mol. The molecule has 3 aromatic rings. The molecule has 10 N–H and O–H groups in total. The van der Waals surface area contributed by atoms with Crippen LogP contribution in [0.2, 0.25) is 0 Å². The van der Waals surface area contributed by atoms with Gasteiger partial charge < -0.3 is 42.8 Å². The van der Waals surface area contributed by atoms with Crippen LogP contribution in [-0.4, -0.2) is 76.9 Å². The number of carbonyl (C=O) groups is 5. The summed E-state index contributed by atoms with van der Waals surface area (Å²) < 4.78 is 0. The van der Waals surface area contributed by atoms with E-state index in [9.17, 15) is 29.1 Å². The van der Waals surface area contributed by atoms with Gasteiger partial charge in [-0.2, -0.15) is 0 Å². The van der Waals surface area contributed by atoms with Crippen molar-refractivity contribution in [3.05, 3.63) is 71.9 Å². The zero-order chi connectivity index (χ0) is 35.8. The minimum absolute atomic E-state index is 0.0194. The largest absolute Gasteiger partial charge is 0.391 e. The summed E-state index contributed by atoms with van der Waals surface area (Å²) in [6.45, 7) is 3.26. The Labute approximate surface area is 287 Å². The Morgan fingerprint density at radius 3 is 2.20 bits per heavy atom. The van der Waals surface area contributed by atoms with Crippen molar-refractivity contribution in [2.75, 3.05) is 13.1 Å². The van der Waals surface area contributed by atoms with E-state index in [0.717, 1.165) is 22.0 Å². The number of fused-ring (bicyclic) bond motifs is 1. The van der Waals surface area contributed by atoms with Gasteiger partial charge in [-0.15, -0.1) is 0 Å². The van der Waals surface area contributed by atoms with Gasteiger partial charge in [0.05, 0.1) is 18.1 Å². The molecule has 49 heavy (non-hydrogen) atoms. The molecule has 0 fully saturated rings. The monoisotopic (exact) mass is 677 g/mol. The minimum atomic E-state index is -0.954. The molecule has 2 aromatic carbocycles. The summed E-state index contributed by atoms with van der Waals surface area (Å²) in [6, 6.07) is 15.3. The zero-order valence-electron chi connectivity index (χ0n) is 28.4. The highest BCUT2D eigenvalue weighted by Crippen LogP contribution is 2.21. The van der Waals surface area contributed by atoms with Crippen LogP contribution in [0.5, 0.6) is 0 Å². The lowest BCUT2D eigenvalue weighted by atomic mass is 9.97. The predicted octanol–water partition coefficient (Wildman–Crippen LogP) is 1.33. The van der Waals surface area contributed by atoms with Crippen LogP contribution in [0.25, 0.3) is 10.9 Å². The third-order valence-corrected chi connectivity index (χ3v) is 8.36. The number of benzene rings is 2. The predicted molar refractivity (Wildman–Crippen MR) is 188 cm³/mol. The number of nitrogens with two attached hydrogens (primary N) is 2. The number of hydrogen-bond donors (Lipinski definition) is 8. The van der Waals surface area contributed by atoms with E-state index in [1.807, 2.05) is 60.8 Å². The van der Waals surface area contributed by atoms with E-state index in [2.05, 4.69) is 26.3 Å². The molecule has 266 valence electrons. The third kappa shape index (κ3) is 13.7. The Bertz CT molecular complexity index is 1530. The van der Waals surface area contributed by atoms with Crippen LogP contribution in [0.1, 0.15) is 63.5 Å². The zero-order valence-corrected chi connectivity index (χ0v) is 28.4. The molecule has 0 aliphatic heterocycles. The van der Waals surface area contributed by atoms with Crippen molar-refractivity contribution in [2.24, 2.45) is 17.4 Å². The van der Waals surface area contributed by atoms with Crippen LogP contribution in [0.15, 0.2) is 60.8 Å². The van der Waals surface area contributed by atoms with Gasteiger partial charge in [-0.05, 0) is 56.3 Å². The molecule has 0 radical (unpaired) electrons. The van der Waals surface area contributed by atoms with Gasteiger partial charge in [0.25, 0.3) is 0 Å². The molecule has 0 aliphatic carbocycles. The molecule has 0 bridgehead atoms. The van der Waals surface area contributed by atoms with E-state index in [4.69, 9.17) is 11.5 Å². The molecule has 0 saturated carbocycles. The van der Waals surface area contributed by atoms with Crippen LogP contribution >= 0.6 is 0 Å². The maximum absolute atomic E-state index is 13.8. The number of carbonyl (C=O) groups excluding carboxylic acids is 5. The van der Waals surface area contributed by atoms with Crippen molar-refractivity contribution in [3.63, 3.8) is 0 Å². The maximum Gasteiger partial charge on any atom is 0.225 e. The van der Waals surface area contributed by atoms with Gasteiger partial charge in [0, 0.05) is 61.9 Å². The first kappa shape index (κ1) is 38.7. The standard InChI is InChI=1S/C36H51N7O6/c1-23(44)32(41-24(2)45)20-34(47)40-21-26(12-8-9-15-37)36(49)43-29(17-27-22-39-31-14-7-6-13-30(27)31)19-35(48)42-28(18-33(38)46)16-25-10-4-3-5-11-25/h3-7,10-11,13-14,22-23,26,28-29,32,39,44H,8-9,12,15-21,37H2,1-2H3,(H2,38,46)(H,40,47)(H,41,45)(H,42,48)(H,43,49)/t23-,26+,28+,29+,32?/m1/s1. The van der Waals surface area contributed by atoms with E-state index in [1.165, 1.54) is 13.8 Å².